The van der Waals surface area contributed by atoms with Gasteiger partial charge in [-0.1, -0.05) is 38.5 Å². The second-order valence-electron chi connectivity index (χ2n) is 13.2. The second-order valence-corrected chi connectivity index (χ2v) is 13.2. The molecule has 0 radical (unpaired) electrons. The number of anilines is 2. The molecule has 2 rings (SSSR count). The summed E-state index contributed by atoms with van der Waals surface area (Å²) in [5.41, 5.74) is -0.0960. The molecule has 0 aliphatic rings. The predicted octanol–water partition coefficient (Wildman–Crippen LogP) is 5.85. The molecule has 350 valence electrons. The molecule has 1 unspecified atom stereocenters. The van der Waals surface area contributed by atoms with Gasteiger partial charge >= 0.3 is 12.1 Å². The first-order chi connectivity index (χ1) is 29.8. The molecule has 2 aromatic carbocycles. The number of halogens is 3. The lowest BCUT2D eigenvalue weighted by Gasteiger charge is -2.13. The third-order valence-corrected chi connectivity index (χ3v) is 8.27. The molecule has 18 heteroatoms. The lowest BCUT2D eigenvalue weighted by atomic mass is 10.1. The van der Waals surface area contributed by atoms with E-state index in [9.17, 15) is 18.0 Å². The highest BCUT2D eigenvalue weighted by Crippen LogP contribution is 2.32. The van der Waals surface area contributed by atoms with E-state index in [2.05, 4.69) is 19.2 Å². The van der Waals surface area contributed by atoms with Crippen molar-refractivity contribution in [2.75, 3.05) is 170 Å². The van der Waals surface area contributed by atoms with E-state index in [1.807, 2.05) is 0 Å². The summed E-state index contributed by atoms with van der Waals surface area (Å²) < 4.78 is 110. The van der Waals surface area contributed by atoms with E-state index >= 15 is 0 Å². The molecule has 0 aliphatic carbocycles. The number of rotatable bonds is 42. The number of benzene rings is 2. The van der Waals surface area contributed by atoms with Gasteiger partial charge in [-0.25, -0.2) is 4.79 Å². The summed E-state index contributed by atoms with van der Waals surface area (Å²) in [4.78, 5) is 12.6. The minimum absolute atomic E-state index is 0.00432. The van der Waals surface area contributed by atoms with Crippen molar-refractivity contribution in [3.8, 4) is 0 Å². The Hall–Kier alpha value is -2.98. The van der Waals surface area contributed by atoms with Gasteiger partial charge in [0.15, 0.2) is 0 Å². The topological polar surface area (TPSA) is 149 Å². The highest BCUT2D eigenvalue weighted by Gasteiger charge is 2.30. The van der Waals surface area contributed by atoms with Crippen LogP contribution in [0.2, 0.25) is 0 Å². The minimum atomic E-state index is -4.48. The van der Waals surface area contributed by atoms with E-state index in [1.54, 1.807) is 18.2 Å². The zero-order valence-electron chi connectivity index (χ0n) is 35.9. The van der Waals surface area contributed by atoms with Crippen molar-refractivity contribution >= 4 is 17.3 Å². The van der Waals surface area contributed by atoms with Gasteiger partial charge in [0.2, 0.25) is 0 Å². The third kappa shape index (κ3) is 30.7. The van der Waals surface area contributed by atoms with Crippen LogP contribution in [0.3, 0.4) is 0 Å². The molecule has 0 aliphatic heterocycles. The number of ether oxygens (including phenoxy) is 13. The van der Waals surface area contributed by atoms with Gasteiger partial charge in [-0.2, -0.15) is 13.2 Å². The molecule has 0 saturated carbocycles. The third-order valence-electron chi connectivity index (χ3n) is 8.27. The summed E-state index contributed by atoms with van der Waals surface area (Å²) in [6.07, 6.45) is -3.36. The van der Waals surface area contributed by atoms with Crippen LogP contribution in [0.4, 0.5) is 24.5 Å². The first-order valence-corrected chi connectivity index (χ1v) is 20.9. The van der Waals surface area contributed by atoms with Gasteiger partial charge < -0.3 is 66.9 Å². The number of para-hydroxylation sites is 1. The molecule has 0 aromatic heterocycles. The SMILES string of the molecule is CCC(C)COCCOCCOCCOCCOCCOCCOCCOCCOCCOCCOCCOCCOC(=O)c1ccccc1Nc1cccc(C(F)(F)F)c1. The predicted molar refractivity (Wildman–Crippen MR) is 221 cm³/mol. The maximum atomic E-state index is 13.1. The van der Waals surface area contributed by atoms with E-state index in [0.29, 0.717) is 157 Å². The number of esters is 1. The van der Waals surface area contributed by atoms with Crippen LogP contribution in [0.1, 0.15) is 36.2 Å². The largest absolute Gasteiger partial charge is 0.460 e. The van der Waals surface area contributed by atoms with E-state index in [-0.39, 0.29) is 24.5 Å². The smallest absolute Gasteiger partial charge is 0.416 e. The Morgan fingerprint density at radius 3 is 1.25 bits per heavy atom. The Kier molecular flexibility index (Phi) is 33.3. The van der Waals surface area contributed by atoms with Gasteiger partial charge in [-0.3, -0.25) is 0 Å². The Labute approximate surface area is 358 Å². The summed E-state index contributed by atoms with van der Waals surface area (Å²) >= 11 is 0. The Balaban J connectivity index is 1.24. The van der Waals surface area contributed by atoms with Gasteiger partial charge in [0, 0.05) is 12.3 Å². The van der Waals surface area contributed by atoms with Crippen molar-refractivity contribution in [2.24, 2.45) is 5.92 Å². The van der Waals surface area contributed by atoms with Gasteiger partial charge in [-0.15, -0.1) is 0 Å². The normalized spacial score (nSPS) is 12.2. The molecule has 0 saturated heterocycles. The molecule has 2 aromatic rings. The molecule has 0 spiro atoms. The Morgan fingerprint density at radius 2 is 0.869 bits per heavy atom. The van der Waals surface area contributed by atoms with Crippen molar-refractivity contribution in [3.63, 3.8) is 0 Å². The molecular formula is C43H68F3NO14. The van der Waals surface area contributed by atoms with Crippen LogP contribution < -0.4 is 5.32 Å². The fourth-order valence-electron chi connectivity index (χ4n) is 4.79. The summed E-state index contributed by atoms with van der Waals surface area (Å²) in [7, 11) is 0. The van der Waals surface area contributed by atoms with Gasteiger partial charge in [-0.05, 0) is 36.2 Å². The van der Waals surface area contributed by atoms with Crippen LogP contribution in [-0.2, 0) is 67.8 Å². The van der Waals surface area contributed by atoms with E-state index in [4.69, 9.17) is 61.6 Å². The number of carbonyl (C=O) groups is 1. The monoisotopic (exact) mass is 879 g/mol. The molecule has 1 N–H and O–H groups in total. The van der Waals surface area contributed by atoms with Crippen molar-refractivity contribution < 1.29 is 79.5 Å². The fourth-order valence-corrected chi connectivity index (χ4v) is 4.79. The second kappa shape index (κ2) is 37.6. The van der Waals surface area contributed by atoms with Crippen molar-refractivity contribution in [1.82, 2.24) is 0 Å². The van der Waals surface area contributed by atoms with Crippen LogP contribution >= 0.6 is 0 Å². The summed E-state index contributed by atoms with van der Waals surface area (Å²) in [6, 6.07) is 11.1. The highest BCUT2D eigenvalue weighted by molar-refractivity contribution is 5.96. The van der Waals surface area contributed by atoms with Crippen molar-refractivity contribution in [2.45, 2.75) is 26.4 Å². The van der Waals surface area contributed by atoms with Gasteiger partial charge in [0.25, 0.3) is 0 Å². The number of hydrogen-bond donors (Lipinski definition) is 1. The average Bonchev–Trinajstić information content (AvgIpc) is 3.25. The summed E-state index contributed by atoms with van der Waals surface area (Å²) in [6.45, 7) is 15.6. The van der Waals surface area contributed by atoms with Gasteiger partial charge in [0.1, 0.15) is 6.61 Å². The highest BCUT2D eigenvalue weighted by atomic mass is 19.4. The molecule has 0 heterocycles. The maximum absolute atomic E-state index is 13.1. The quantitative estimate of drug-likeness (QED) is 0.0628. The molecule has 1 atom stereocenters. The van der Waals surface area contributed by atoms with Crippen molar-refractivity contribution in [3.05, 3.63) is 59.7 Å². The fraction of sp³-hybridized carbons (Fsp3) is 0.698. The van der Waals surface area contributed by atoms with Crippen LogP contribution in [0, 0.1) is 5.92 Å². The minimum Gasteiger partial charge on any atom is -0.460 e. The standard InChI is InChI=1S/C43H68F3NO14/c1-3-37(2)36-60-32-31-58-28-27-56-24-23-54-20-19-52-16-15-50-12-11-49-13-14-51-17-18-53-21-22-55-25-26-57-29-30-59-33-34-61-42(48)40-9-4-5-10-41(40)47-39-8-6-7-38(35-39)43(44,45)46/h4-10,35,37,47H,3,11-34,36H2,1-2H3. The molecule has 0 bridgehead atoms. The van der Waals surface area contributed by atoms with Crippen LogP contribution in [0.25, 0.3) is 0 Å². The lowest BCUT2D eigenvalue weighted by Crippen LogP contribution is -2.16. The van der Waals surface area contributed by atoms with E-state index in [1.165, 1.54) is 18.2 Å². The Morgan fingerprint density at radius 1 is 0.508 bits per heavy atom. The zero-order chi connectivity index (χ0) is 43.9. The first kappa shape index (κ1) is 54.2. The maximum Gasteiger partial charge on any atom is 0.416 e. The summed E-state index contributed by atoms with van der Waals surface area (Å²) in [5.74, 6) is -0.0479. The lowest BCUT2D eigenvalue weighted by molar-refractivity contribution is -0.137. The van der Waals surface area contributed by atoms with Gasteiger partial charge in [0.05, 0.1) is 169 Å². The molecule has 61 heavy (non-hydrogen) atoms. The van der Waals surface area contributed by atoms with E-state index in [0.717, 1.165) is 25.2 Å². The molecular weight excluding hydrogens is 811 g/mol. The van der Waals surface area contributed by atoms with Crippen LogP contribution in [0.15, 0.2) is 48.5 Å². The number of hydrogen-bond acceptors (Lipinski definition) is 15. The number of carbonyl (C=O) groups excluding carboxylic acids is 1. The van der Waals surface area contributed by atoms with E-state index < -0.39 is 17.7 Å². The van der Waals surface area contributed by atoms with Crippen LogP contribution in [-0.4, -0.2) is 171 Å². The first-order valence-electron chi connectivity index (χ1n) is 20.9. The Bertz CT molecular complexity index is 1330. The molecule has 0 fully saturated rings. The zero-order valence-corrected chi connectivity index (χ0v) is 35.9. The summed E-state index contributed by atoms with van der Waals surface area (Å²) in [5, 5.41) is 2.86. The number of nitrogens with one attached hydrogen (secondary N) is 1. The molecule has 0 amide bonds. The molecule has 15 nitrogen and oxygen atoms in total. The van der Waals surface area contributed by atoms with Crippen LogP contribution in [0.5, 0.6) is 0 Å². The average molecular weight is 880 g/mol. The number of alkyl halides is 3. The van der Waals surface area contributed by atoms with Crippen molar-refractivity contribution in [1.29, 1.82) is 0 Å².